The Morgan fingerprint density at radius 3 is 2.83 bits per heavy atom. The van der Waals surface area contributed by atoms with Gasteiger partial charge in [-0.1, -0.05) is 19.1 Å². The number of ether oxygens (including phenoxy) is 2. The van der Waals surface area contributed by atoms with Gasteiger partial charge in [0.2, 0.25) is 12.7 Å². The maximum Gasteiger partial charge on any atom is 0.253 e. The average molecular weight is 498 g/mol. The van der Waals surface area contributed by atoms with Crippen molar-refractivity contribution in [1.29, 1.82) is 0 Å². The van der Waals surface area contributed by atoms with Gasteiger partial charge >= 0.3 is 0 Å². The van der Waals surface area contributed by atoms with E-state index >= 15 is 8.78 Å². The van der Waals surface area contributed by atoms with Crippen molar-refractivity contribution in [3.63, 3.8) is 0 Å². The standard InChI is InChI=1S/C29H33F2NO4/c1-28-11-10-22-21-7-5-20(33)13-18(21)3-6-23(22)27(28)19(14-29(28,30)31)4-9-26(34)32-15-17-2-8-24-25(12-17)36-16-35-24/h2,5,7-8,12-13,19,22-23,27,33H,3-4,6,9-11,14-16H2,1H3,(H,32,34)/t19-,22?,23?,27?,28+/m1/s1. The SMILES string of the molecule is C[C@]12CCC3c4ccc(O)cc4CCC3C1[C@H](CCC(=O)NCc1ccc3c(c1)OCO3)CC2(F)F. The molecule has 6 rings (SSSR count). The van der Waals surface area contributed by atoms with E-state index in [9.17, 15) is 9.90 Å². The Bertz CT molecular complexity index is 1180. The predicted octanol–water partition coefficient (Wildman–Crippen LogP) is 5.94. The lowest BCUT2D eigenvalue weighted by Crippen LogP contribution is -2.47. The second kappa shape index (κ2) is 8.63. The van der Waals surface area contributed by atoms with E-state index < -0.39 is 11.3 Å². The van der Waals surface area contributed by atoms with Gasteiger partial charge in [-0.05, 0) is 96.7 Å². The van der Waals surface area contributed by atoms with E-state index in [1.54, 1.807) is 13.0 Å². The number of benzene rings is 2. The zero-order valence-electron chi connectivity index (χ0n) is 20.6. The second-order valence-electron chi connectivity index (χ2n) is 11.3. The van der Waals surface area contributed by atoms with Gasteiger partial charge in [0.25, 0.3) is 5.92 Å². The van der Waals surface area contributed by atoms with Crippen LogP contribution < -0.4 is 14.8 Å². The zero-order chi connectivity index (χ0) is 25.1. The minimum Gasteiger partial charge on any atom is -0.508 e. The molecule has 0 spiro atoms. The van der Waals surface area contributed by atoms with Gasteiger partial charge in [-0.3, -0.25) is 4.79 Å². The van der Waals surface area contributed by atoms with Crippen LogP contribution in [-0.2, 0) is 17.8 Å². The van der Waals surface area contributed by atoms with Gasteiger partial charge in [0.15, 0.2) is 11.5 Å². The molecule has 4 aliphatic rings. The molecule has 1 amide bonds. The van der Waals surface area contributed by atoms with Crippen LogP contribution in [0.15, 0.2) is 36.4 Å². The summed E-state index contributed by atoms with van der Waals surface area (Å²) in [5, 5.41) is 12.9. The lowest BCUT2D eigenvalue weighted by Gasteiger charge is -2.51. The number of nitrogens with one attached hydrogen (secondary N) is 1. The van der Waals surface area contributed by atoms with Crippen molar-refractivity contribution in [3.05, 3.63) is 53.1 Å². The maximum atomic E-state index is 15.5. The number of phenols is 1. The third kappa shape index (κ3) is 3.82. The van der Waals surface area contributed by atoms with Crippen molar-refractivity contribution in [2.24, 2.45) is 23.2 Å². The minimum absolute atomic E-state index is 0.102. The van der Waals surface area contributed by atoms with Crippen LogP contribution in [0, 0.1) is 23.2 Å². The van der Waals surface area contributed by atoms with E-state index in [2.05, 4.69) is 5.32 Å². The number of fused-ring (bicyclic) bond motifs is 6. The number of hydrogen-bond acceptors (Lipinski definition) is 4. The summed E-state index contributed by atoms with van der Waals surface area (Å²) in [6.07, 6.45) is 3.53. The number of alkyl halides is 2. The molecule has 2 N–H and O–H groups in total. The van der Waals surface area contributed by atoms with E-state index in [-0.39, 0.29) is 55.0 Å². The Morgan fingerprint density at radius 1 is 1.14 bits per heavy atom. The lowest BCUT2D eigenvalue weighted by atomic mass is 9.53. The largest absolute Gasteiger partial charge is 0.508 e. The van der Waals surface area contributed by atoms with Crippen molar-refractivity contribution in [2.45, 2.75) is 70.3 Å². The van der Waals surface area contributed by atoms with Crippen molar-refractivity contribution in [3.8, 4) is 17.2 Å². The van der Waals surface area contributed by atoms with Crippen LogP contribution in [0.4, 0.5) is 8.78 Å². The number of amides is 1. The average Bonchev–Trinajstić information content (AvgIpc) is 3.40. The quantitative estimate of drug-likeness (QED) is 0.537. The fourth-order valence-corrected chi connectivity index (χ4v) is 7.74. The third-order valence-corrected chi connectivity index (χ3v) is 9.49. The van der Waals surface area contributed by atoms with Crippen molar-refractivity contribution < 1.29 is 28.2 Å². The van der Waals surface area contributed by atoms with E-state index in [0.717, 1.165) is 30.4 Å². The Hall–Kier alpha value is -2.83. The van der Waals surface area contributed by atoms with Gasteiger partial charge in [-0.25, -0.2) is 8.78 Å². The fraction of sp³-hybridized carbons (Fsp3) is 0.552. The number of phenolic OH excluding ortho intramolecular Hbond substituents is 1. The molecule has 192 valence electrons. The van der Waals surface area contributed by atoms with Gasteiger partial charge in [0.05, 0.1) is 0 Å². The molecule has 0 saturated heterocycles. The molecule has 0 radical (unpaired) electrons. The molecule has 1 aliphatic heterocycles. The number of carbonyl (C=O) groups excluding carboxylic acids is 1. The maximum absolute atomic E-state index is 15.5. The molecular weight excluding hydrogens is 464 g/mol. The molecule has 0 aromatic heterocycles. The van der Waals surface area contributed by atoms with Crippen LogP contribution in [-0.4, -0.2) is 23.7 Å². The van der Waals surface area contributed by atoms with Crippen molar-refractivity contribution >= 4 is 5.91 Å². The number of aromatic hydroxyl groups is 1. The molecular formula is C29H33F2NO4. The van der Waals surface area contributed by atoms with E-state index in [0.29, 0.717) is 30.9 Å². The second-order valence-corrected chi connectivity index (χ2v) is 11.3. The Morgan fingerprint density at radius 2 is 1.97 bits per heavy atom. The summed E-state index contributed by atoms with van der Waals surface area (Å²) < 4.78 is 41.7. The van der Waals surface area contributed by atoms with Crippen molar-refractivity contribution in [1.82, 2.24) is 5.32 Å². The van der Waals surface area contributed by atoms with Crippen LogP contribution in [0.25, 0.3) is 0 Å². The predicted molar refractivity (Wildman–Crippen MR) is 130 cm³/mol. The van der Waals surface area contributed by atoms with Crippen molar-refractivity contribution in [2.75, 3.05) is 6.79 Å². The molecule has 3 aliphatic carbocycles. The molecule has 2 aromatic rings. The molecule has 0 bridgehead atoms. The topological polar surface area (TPSA) is 67.8 Å². The van der Waals surface area contributed by atoms with Gasteiger partial charge in [-0.15, -0.1) is 0 Å². The Kier molecular flexibility index (Phi) is 5.65. The van der Waals surface area contributed by atoms with Crippen LogP contribution in [0.5, 0.6) is 17.2 Å². The van der Waals surface area contributed by atoms with Gasteiger partial charge in [0, 0.05) is 24.8 Å². The van der Waals surface area contributed by atoms with Crippen LogP contribution in [0.2, 0.25) is 0 Å². The summed E-state index contributed by atoms with van der Waals surface area (Å²) in [6.45, 7) is 2.36. The highest BCUT2D eigenvalue weighted by molar-refractivity contribution is 5.75. The molecule has 3 unspecified atom stereocenters. The first-order valence-electron chi connectivity index (χ1n) is 13.1. The summed E-state index contributed by atoms with van der Waals surface area (Å²) in [5.74, 6) is -1.02. The van der Waals surface area contributed by atoms with E-state index in [4.69, 9.17) is 9.47 Å². The van der Waals surface area contributed by atoms with Gasteiger partial charge in [0.1, 0.15) is 5.75 Å². The molecule has 2 saturated carbocycles. The molecule has 2 fully saturated rings. The molecule has 5 atom stereocenters. The first-order valence-corrected chi connectivity index (χ1v) is 13.1. The van der Waals surface area contributed by atoms with Crippen LogP contribution >= 0.6 is 0 Å². The fourth-order valence-electron chi connectivity index (χ4n) is 7.74. The third-order valence-electron chi connectivity index (χ3n) is 9.49. The zero-order valence-corrected chi connectivity index (χ0v) is 20.6. The van der Waals surface area contributed by atoms with Gasteiger partial charge < -0.3 is 19.9 Å². The van der Waals surface area contributed by atoms with Gasteiger partial charge in [-0.2, -0.15) is 0 Å². The summed E-state index contributed by atoms with van der Waals surface area (Å²) in [5.41, 5.74) is 2.27. The molecule has 2 aromatic carbocycles. The highest BCUT2D eigenvalue weighted by Crippen LogP contribution is 2.68. The summed E-state index contributed by atoms with van der Waals surface area (Å²) in [4.78, 5) is 12.7. The lowest BCUT2D eigenvalue weighted by molar-refractivity contribution is -0.133. The number of carbonyl (C=O) groups is 1. The normalized spacial score (nSPS) is 31.3. The summed E-state index contributed by atoms with van der Waals surface area (Å²) in [6, 6.07) is 11.1. The highest BCUT2D eigenvalue weighted by atomic mass is 19.3. The first kappa shape index (κ1) is 23.6. The molecule has 1 heterocycles. The number of aryl methyl sites for hydroxylation is 1. The molecule has 5 nitrogen and oxygen atoms in total. The van der Waals surface area contributed by atoms with E-state index in [1.165, 1.54) is 5.56 Å². The smallest absolute Gasteiger partial charge is 0.253 e. The summed E-state index contributed by atoms with van der Waals surface area (Å²) in [7, 11) is 0. The molecule has 7 heteroatoms. The minimum atomic E-state index is -2.72. The number of hydrogen-bond donors (Lipinski definition) is 2. The Balaban J connectivity index is 1.14. The monoisotopic (exact) mass is 497 g/mol. The Labute approximate surface area is 210 Å². The van der Waals surface area contributed by atoms with Crippen LogP contribution in [0.1, 0.15) is 68.1 Å². The first-order chi connectivity index (χ1) is 17.2. The number of rotatable bonds is 5. The highest BCUT2D eigenvalue weighted by Gasteiger charge is 2.67. The van der Waals surface area contributed by atoms with E-state index in [1.807, 2.05) is 30.3 Å². The molecule has 36 heavy (non-hydrogen) atoms. The number of halogens is 2. The van der Waals surface area contributed by atoms with Crippen LogP contribution in [0.3, 0.4) is 0 Å². The summed E-state index contributed by atoms with van der Waals surface area (Å²) >= 11 is 0.